The molecule has 0 aliphatic rings. The molecule has 17 heavy (non-hydrogen) atoms. The molecule has 0 aliphatic carbocycles. The van der Waals surface area contributed by atoms with Crippen molar-refractivity contribution in [3.8, 4) is 11.8 Å². The number of carbonyl (C=O) groups is 1. The zero-order valence-electron chi connectivity index (χ0n) is 9.23. The van der Waals surface area contributed by atoms with Crippen molar-refractivity contribution in [2.24, 2.45) is 5.14 Å². The van der Waals surface area contributed by atoms with E-state index < -0.39 is 10.0 Å². The van der Waals surface area contributed by atoms with Crippen molar-refractivity contribution in [1.29, 1.82) is 0 Å². The zero-order valence-corrected chi connectivity index (χ0v) is 10.0. The minimum atomic E-state index is -3.66. The summed E-state index contributed by atoms with van der Waals surface area (Å²) in [6, 6.07) is 5.89. The smallest absolute Gasteiger partial charge is 0.238 e. The average Bonchev–Trinajstić information content (AvgIpc) is 2.23. The summed E-state index contributed by atoms with van der Waals surface area (Å²) in [6.45, 7) is 1.66. The molecular weight excluding hydrogens is 240 g/mol. The lowest BCUT2D eigenvalue weighted by molar-refractivity contribution is -0.118. The number of hydrogen-bond donors (Lipinski definition) is 2. The number of sulfonamides is 1. The number of nitrogens with one attached hydrogen (secondary N) is 1. The van der Waals surface area contributed by atoms with Crippen LogP contribution in [0.2, 0.25) is 0 Å². The topological polar surface area (TPSA) is 89.3 Å². The highest BCUT2D eigenvalue weighted by Gasteiger charge is 2.05. The van der Waals surface area contributed by atoms with Crippen molar-refractivity contribution in [3.05, 3.63) is 29.8 Å². The molecule has 0 aliphatic heterocycles. The van der Waals surface area contributed by atoms with Gasteiger partial charge < -0.3 is 5.32 Å². The number of amides is 1. The lowest BCUT2D eigenvalue weighted by Crippen LogP contribution is -2.19. The SMILES string of the molecule is CC(=O)NCC#Cc1ccc(S(N)(=O)=O)cc1. The minimum Gasteiger partial charge on any atom is -0.345 e. The van der Waals surface area contributed by atoms with Crippen molar-refractivity contribution >= 4 is 15.9 Å². The molecule has 6 heteroatoms. The second kappa shape index (κ2) is 5.48. The third-order valence-electron chi connectivity index (χ3n) is 1.84. The molecule has 1 aromatic carbocycles. The van der Waals surface area contributed by atoms with Gasteiger partial charge in [-0.1, -0.05) is 11.8 Å². The van der Waals surface area contributed by atoms with E-state index in [9.17, 15) is 13.2 Å². The maximum absolute atomic E-state index is 11.0. The second-order valence-corrected chi connectivity index (χ2v) is 4.84. The first-order valence-corrected chi connectivity index (χ1v) is 6.30. The van der Waals surface area contributed by atoms with Crippen LogP contribution in [0.15, 0.2) is 29.2 Å². The van der Waals surface area contributed by atoms with E-state index in [0.29, 0.717) is 5.56 Å². The van der Waals surface area contributed by atoms with Gasteiger partial charge in [0, 0.05) is 12.5 Å². The summed E-state index contributed by atoms with van der Waals surface area (Å²) in [4.78, 5) is 10.6. The molecule has 1 aromatic rings. The van der Waals surface area contributed by atoms with Crippen LogP contribution in [0.25, 0.3) is 0 Å². The second-order valence-electron chi connectivity index (χ2n) is 3.28. The maximum Gasteiger partial charge on any atom is 0.238 e. The van der Waals surface area contributed by atoms with E-state index in [4.69, 9.17) is 5.14 Å². The number of primary sulfonamides is 1. The molecule has 0 saturated heterocycles. The van der Waals surface area contributed by atoms with Gasteiger partial charge in [0.2, 0.25) is 15.9 Å². The molecule has 0 heterocycles. The summed E-state index contributed by atoms with van der Waals surface area (Å²) in [6.07, 6.45) is 0. The van der Waals surface area contributed by atoms with E-state index >= 15 is 0 Å². The van der Waals surface area contributed by atoms with E-state index in [1.165, 1.54) is 19.1 Å². The molecule has 0 unspecified atom stereocenters. The van der Waals surface area contributed by atoms with Crippen LogP contribution in [0, 0.1) is 11.8 Å². The molecule has 0 saturated carbocycles. The summed E-state index contributed by atoms with van der Waals surface area (Å²) in [5, 5.41) is 7.47. The van der Waals surface area contributed by atoms with Crippen molar-refractivity contribution < 1.29 is 13.2 Å². The Morgan fingerprint density at radius 3 is 2.41 bits per heavy atom. The zero-order chi connectivity index (χ0) is 12.9. The van der Waals surface area contributed by atoms with E-state index in [2.05, 4.69) is 17.2 Å². The van der Waals surface area contributed by atoms with Gasteiger partial charge in [0.15, 0.2) is 0 Å². The van der Waals surface area contributed by atoms with Crippen LogP contribution in [-0.2, 0) is 14.8 Å². The van der Waals surface area contributed by atoms with Crippen LogP contribution in [0.3, 0.4) is 0 Å². The fourth-order valence-corrected chi connectivity index (χ4v) is 1.56. The van der Waals surface area contributed by atoms with Crippen LogP contribution in [-0.4, -0.2) is 20.9 Å². The van der Waals surface area contributed by atoms with E-state index in [-0.39, 0.29) is 17.3 Å². The Hall–Kier alpha value is -1.84. The van der Waals surface area contributed by atoms with Crippen molar-refractivity contribution in [1.82, 2.24) is 5.32 Å². The molecule has 0 aromatic heterocycles. The average molecular weight is 252 g/mol. The van der Waals surface area contributed by atoms with Crippen molar-refractivity contribution in [2.75, 3.05) is 6.54 Å². The molecular formula is C11H12N2O3S. The van der Waals surface area contributed by atoms with Gasteiger partial charge >= 0.3 is 0 Å². The van der Waals surface area contributed by atoms with Crippen molar-refractivity contribution in [3.63, 3.8) is 0 Å². The lowest BCUT2D eigenvalue weighted by Gasteiger charge is -1.97. The Bertz CT molecular complexity index is 565. The minimum absolute atomic E-state index is 0.0462. The highest BCUT2D eigenvalue weighted by atomic mass is 32.2. The van der Waals surface area contributed by atoms with Gasteiger partial charge in [-0.25, -0.2) is 13.6 Å². The first-order chi connectivity index (χ1) is 7.89. The molecule has 0 bridgehead atoms. The molecule has 5 nitrogen and oxygen atoms in total. The van der Waals surface area contributed by atoms with E-state index in [1.807, 2.05) is 0 Å². The van der Waals surface area contributed by atoms with Gasteiger partial charge in [0.25, 0.3) is 0 Å². The first-order valence-electron chi connectivity index (χ1n) is 4.76. The van der Waals surface area contributed by atoms with Gasteiger partial charge in [-0.15, -0.1) is 0 Å². The maximum atomic E-state index is 11.0. The molecule has 1 rings (SSSR count). The quantitative estimate of drug-likeness (QED) is 0.716. The van der Waals surface area contributed by atoms with Crippen LogP contribution in [0.4, 0.5) is 0 Å². The molecule has 0 atom stereocenters. The predicted molar refractivity (Wildman–Crippen MR) is 63.4 cm³/mol. The Morgan fingerprint density at radius 1 is 1.35 bits per heavy atom. The largest absolute Gasteiger partial charge is 0.345 e. The normalized spacial score (nSPS) is 10.2. The number of carbonyl (C=O) groups excluding carboxylic acids is 1. The van der Waals surface area contributed by atoms with Crippen molar-refractivity contribution in [2.45, 2.75) is 11.8 Å². The van der Waals surface area contributed by atoms with Crippen LogP contribution in [0.5, 0.6) is 0 Å². The van der Waals surface area contributed by atoms with Gasteiger partial charge in [0.1, 0.15) is 0 Å². The standard InChI is InChI=1S/C11H12N2O3S/c1-9(14)13-8-2-3-10-4-6-11(7-5-10)17(12,15)16/h4-7H,8H2,1H3,(H,13,14)(H2,12,15,16). The van der Waals surface area contributed by atoms with Crippen LogP contribution < -0.4 is 10.5 Å². The third-order valence-corrected chi connectivity index (χ3v) is 2.77. The van der Waals surface area contributed by atoms with E-state index in [1.54, 1.807) is 12.1 Å². The van der Waals surface area contributed by atoms with Crippen LogP contribution in [0.1, 0.15) is 12.5 Å². The Balaban J connectivity index is 2.72. The molecule has 3 N–H and O–H groups in total. The summed E-state index contributed by atoms with van der Waals surface area (Å²) >= 11 is 0. The third kappa shape index (κ3) is 4.68. The van der Waals surface area contributed by atoms with E-state index in [0.717, 1.165) is 0 Å². The highest BCUT2D eigenvalue weighted by Crippen LogP contribution is 2.07. The summed E-state index contributed by atoms with van der Waals surface area (Å²) in [7, 11) is -3.66. The summed E-state index contributed by atoms with van der Waals surface area (Å²) < 4.78 is 21.9. The van der Waals surface area contributed by atoms with Gasteiger partial charge in [0.05, 0.1) is 11.4 Å². The molecule has 90 valence electrons. The number of nitrogens with two attached hydrogens (primary N) is 1. The first kappa shape index (κ1) is 13.2. The number of benzene rings is 1. The fraction of sp³-hybridized carbons (Fsp3) is 0.182. The molecule has 1 amide bonds. The number of hydrogen-bond acceptors (Lipinski definition) is 3. The predicted octanol–water partition coefficient (Wildman–Crippen LogP) is -0.178. The molecule has 0 spiro atoms. The summed E-state index contributed by atoms with van der Waals surface area (Å²) in [5.41, 5.74) is 0.655. The monoisotopic (exact) mass is 252 g/mol. The highest BCUT2D eigenvalue weighted by molar-refractivity contribution is 7.89. The Morgan fingerprint density at radius 2 is 1.94 bits per heavy atom. The van der Waals surface area contributed by atoms with Crippen LogP contribution >= 0.6 is 0 Å². The van der Waals surface area contributed by atoms with Gasteiger partial charge in [-0.2, -0.15) is 0 Å². The molecule has 0 radical (unpaired) electrons. The molecule has 0 fully saturated rings. The fourth-order valence-electron chi connectivity index (χ4n) is 1.04. The Kier molecular flexibility index (Phi) is 4.26. The lowest BCUT2D eigenvalue weighted by atomic mass is 10.2. The van der Waals surface area contributed by atoms with Gasteiger partial charge in [-0.05, 0) is 24.3 Å². The Labute approximate surface area is 100 Å². The van der Waals surface area contributed by atoms with Gasteiger partial charge in [-0.3, -0.25) is 4.79 Å². The number of rotatable bonds is 2. The summed E-state index contributed by atoms with van der Waals surface area (Å²) in [5.74, 6) is 5.36.